The van der Waals surface area contributed by atoms with Gasteiger partial charge in [0, 0.05) is 23.8 Å². The van der Waals surface area contributed by atoms with Gasteiger partial charge in [-0.15, -0.1) is 0 Å². The molecule has 1 aliphatic rings. The van der Waals surface area contributed by atoms with Crippen LogP contribution in [0.1, 0.15) is 38.7 Å². The quantitative estimate of drug-likeness (QED) is 0.689. The number of hydrogen-bond acceptors (Lipinski definition) is 2. The van der Waals surface area contributed by atoms with E-state index in [1.165, 1.54) is 23.2 Å². The average molecular weight is 305 g/mol. The summed E-state index contributed by atoms with van der Waals surface area (Å²) in [6.07, 6.45) is 1.17. The molecule has 0 aliphatic carbocycles. The molecule has 3 aromatic rings. The van der Waals surface area contributed by atoms with Crippen molar-refractivity contribution in [3.8, 4) is 11.4 Å². The second-order valence-corrected chi connectivity index (χ2v) is 7.35. The van der Waals surface area contributed by atoms with E-state index in [-0.39, 0.29) is 5.54 Å². The van der Waals surface area contributed by atoms with Crippen LogP contribution in [0.3, 0.4) is 0 Å². The van der Waals surface area contributed by atoms with Gasteiger partial charge in [-0.1, -0.05) is 19.1 Å². The molecule has 3 heteroatoms. The number of fused-ring (bicyclic) bond motifs is 2. The number of nitrogens with one attached hydrogen (secondary N) is 1. The van der Waals surface area contributed by atoms with Crippen LogP contribution in [-0.2, 0) is 0 Å². The van der Waals surface area contributed by atoms with Gasteiger partial charge in [0.1, 0.15) is 5.82 Å². The van der Waals surface area contributed by atoms with Crippen LogP contribution in [0.5, 0.6) is 0 Å². The highest BCUT2D eigenvalue weighted by Gasteiger charge is 2.34. The molecule has 2 heterocycles. The van der Waals surface area contributed by atoms with E-state index in [1.807, 2.05) is 18.2 Å². The van der Waals surface area contributed by atoms with Crippen molar-refractivity contribution in [2.24, 2.45) is 0 Å². The first kappa shape index (κ1) is 14.3. The summed E-state index contributed by atoms with van der Waals surface area (Å²) in [6, 6.07) is 14.9. The van der Waals surface area contributed by atoms with Crippen LogP contribution in [-0.4, -0.2) is 22.6 Å². The average Bonchev–Trinajstić information content (AvgIpc) is 2.96. The van der Waals surface area contributed by atoms with Crippen LogP contribution in [0.4, 0.5) is 5.69 Å². The SMILES string of the molecule is CC1CC(C)(C)N(C)c2ccc(-c3nc4ccccc4[nH]3)cc21. The highest BCUT2D eigenvalue weighted by atomic mass is 15.2. The Morgan fingerprint density at radius 2 is 1.96 bits per heavy atom. The number of aromatic nitrogens is 2. The molecule has 1 aliphatic heterocycles. The van der Waals surface area contributed by atoms with Gasteiger partial charge in [0.2, 0.25) is 0 Å². The van der Waals surface area contributed by atoms with Crippen molar-refractivity contribution in [1.82, 2.24) is 9.97 Å². The zero-order valence-corrected chi connectivity index (χ0v) is 14.2. The second-order valence-electron chi connectivity index (χ2n) is 7.35. The lowest BCUT2D eigenvalue weighted by molar-refractivity contribution is 0.395. The third-order valence-electron chi connectivity index (χ3n) is 5.30. The Bertz CT molecular complexity index is 842. The highest BCUT2D eigenvalue weighted by Crippen LogP contribution is 2.43. The molecule has 0 fully saturated rings. The minimum absolute atomic E-state index is 0.202. The molecule has 0 saturated heterocycles. The minimum Gasteiger partial charge on any atom is -0.369 e. The number of aromatic amines is 1. The van der Waals surface area contributed by atoms with Crippen LogP contribution < -0.4 is 4.90 Å². The summed E-state index contributed by atoms with van der Waals surface area (Å²) in [6.45, 7) is 6.97. The summed E-state index contributed by atoms with van der Waals surface area (Å²) in [5.74, 6) is 1.51. The summed E-state index contributed by atoms with van der Waals surface area (Å²) in [5, 5.41) is 0. The lowest BCUT2D eigenvalue weighted by Crippen LogP contribution is -2.45. The molecule has 2 aromatic carbocycles. The number of imidazole rings is 1. The Morgan fingerprint density at radius 1 is 1.17 bits per heavy atom. The zero-order valence-electron chi connectivity index (χ0n) is 14.2. The number of anilines is 1. The first-order valence-corrected chi connectivity index (χ1v) is 8.28. The Kier molecular flexibility index (Phi) is 3.02. The summed E-state index contributed by atoms with van der Waals surface area (Å²) in [7, 11) is 2.20. The van der Waals surface area contributed by atoms with E-state index in [4.69, 9.17) is 4.98 Å². The maximum atomic E-state index is 4.74. The lowest BCUT2D eigenvalue weighted by atomic mass is 9.80. The van der Waals surface area contributed by atoms with Gasteiger partial charge in [0.25, 0.3) is 0 Å². The minimum atomic E-state index is 0.202. The maximum Gasteiger partial charge on any atom is 0.138 e. The van der Waals surface area contributed by atoms with Crippen molar-refractivity contribution >= 4 is 16.7 Å². The van der Waals surface area contributed by atoms with E-state index in [1.54, 1.807) is 0 Å². The molecule has 4 rings (SSSR count). The zero-order chi connectivity index (χ0) is 16.2. The predicted molar refractivity (Wildman–Crippen MR) is 97.0 cm³/mol. The van der Waals surface area contributed by atoms with Crippen molar-refractivity contribution in [2.45, 2.75) is 38.6 Å². The fraction of sp³-hybridized carbons (Fsp3) is 0.350. The van der Waals surface area contributed by atoms with Gasteiger partial charge in [0.15, 0.2) is 0 Å². The van der Waals surface area contributed by atoms with E-state index in [0.29, 0.717) is 5.92 Å². The number of para-hydroxylation sites is 2. The van der Waals surface area contributed by atoms with Crippen molar-refractivity contribution in [1.29, 1.82) is 0 Å². The molecule has 1 N–H and O–H groups in total. The molecular formula is C20H23N3. The monoisotopic (exact) mass is 305 g/mol. The smallest absolute Gasteiger partial charge is 0.138 e. The number of hydrogen-bond donors (Lipinski definition) is 1. The van der Waals surface area contributed by atoms with Crippen LogP contribution in [0.15, 0.2) is 42.5 Å². The van der Waals surface area contributed by atoms with Gasteiger partial charge in [-0.25, -0.2) is 4.98 Å². The van der Waals surface area contributed by atoms with Gasteiger partial charge < -0.3 is 9.88 Å². The Balaban J connectivity index is 1.82. The second kappa shape index (κ2) is 4.85. The first-order valence-electron chi connectivity index (χ1n) is 8.28. The Hall–Kier alpha value is -2.29. The molecule has 23 heavy (non-hydrogen) atoms. The number of nitrogens with zero attached hydrogens (tertiary/aromatic N) is 2. The van der Waals surface area contributed by atoms with E-state index in [9.17, 15) is 0 Å². The summed E-state index contributed by atoms with van der Waals surface area (Å²) >= 11 is 0. The van der Waals surface area contributed by atoms with Crippen LogP contribution in [0, 0.1) is 0 Å². The van der Waals surface area contributed by atoms with Crippen molar-refractivity contribution in [3.63, 3.8) is 0 Å². The van der Waals surface area contributed by atoms with E-state index in [2.05, 4.69) is 62.0 Å². The molecule has 1 atom stereocenters. The molecular weight excluding hydrogens is 282 g/mol. The summed E-state index contributed by atoms with van der Waals surface area (Å²) in [4.78, 5) is 10.6. The van der Waals surface area contributed by atoms with Crippen LogP contribution >= 0.6 is 0 Å². The highest BCUT2D eigenvalue weighted by molar-refractivity contribution is 5.80. The third kappa shape index (κ3) is 2.23. The van der Waals surface area contributed by atoms with Crippen LogP contribution in [0.25, 0.3) is 22.4 Å². The van der Waals surface area contributed by atoms with E-state index < -0.39 is 0 Å². The molecule has 3 nitrogen and oxygen atoms in total. The maximum absolute atomic E-state index is 4.74. The number of rotatable bonds is 1. The molecule has 0 spiro atoms. The van der Waals surface area contributed by atoms with Gasteiger partial charge in [0.05, 0.1) is 11.0 Å². The lowest BCUT2D eigenvalue weighted by Gasteiger charge is -2.45. The standard InChI is InChI=1S/C20H23N3/c1-13-12-20(2,3)23(4)18-10-9-14(11-15(13)18)19-21-16-7-5-6-8-17(16)22-19/h5-11,13H,12H2,1-4H3,(H,21,22). The van der Waals surface area contributed by atoms with Crippen LogP contribution in [0.2, 0.25) is 0 Å². The molecule has 0 radical (unpaired) electrons. The van der Waals surface area contributed by atoms with Gasteiger partial charge in [-0.05, 0) is 62.1 Å². The molecule has 1 unspecified atom stereocenters. The first-order chi connectivity index (χ1) is 11.0. The topological polar surface area (TPSA) is 31.9 Å². The van der Waals surface area contributed by atoms with Gasteiger partial charge in [-0.3, -0.25) is 0 Å². The molecule has 118 valence electrons. The molecule has 0 amide bonds. The van der Waals surface area contributed by atoms with E-state index >= 15 is 0 Å². The van der Waals surface area contributed by atoms with Gasteiger partial charge in [-0.2, -0.15) is 0 Å². The van der Waals surface area contributed by atoms with Crippen molar-refractivity contribution in [2.75, 3.05) is 11.9 Å². The van der Waals surface area contributed by atoms with E-state index in [0.717, 1.165) is 16.9 Å². The fourth-order valence-electron chi connectivity index (χ4n) is 3.81. The third-order valence-corrected chi connectivity index (χ3v) is 5.30. The largest absolute Gasteiger partial charge is 0.369 e. The van der Waals surface area contributed by atoms with Crippen molar-refractivity contribution in [3.05, 3.63) is 48.0 Å². The molecule has 1 aromatic heterocycles. The van der Waals surface area contributed by atoms with Crippen molar-refractivity contribution < 1.29 is 0 Å². The summed E-state index contributed by atoms with van der Waals surface area (Å²) < 4.78 is 0. The van der Waals surface area contributed by atoms with Gasteiger partial charge >= 0.3 is 0 Å². The fourth-order valence-corrected chi connectivity index (χ4v) is 3.81. The Morgan fingerprint density at radius 3 is 2.74 bits per heavy atom. The Labute approximate surface area is 137 Å². The predicted octanol–water partition coefficient (Wildman–Crippen LogP) is 4.95. The molecule has 0 saturated carbocycles. The summed E-state index contributed by atoms with van der Waals surface area (Å²) in [5.41, 5.74) is 6.24. The number of benzene rings is 2. The molecule has 0 bridgehead atoms. The number of H-pyrrole nitrogens is 1. The normalized spacial score (nSPS) is 19.8.